The van der Waals surface area contributed by atoms with Crippen molar-refractivity contribution >= 4 is 16.9 Å². The van der Waals surface area contributed by atoms with Gasteiger partial charge in [0.1, 0.15) is 5.58 Å². The standard InChI is InChI=1S/C26H27NO6/c1-3-30-20-12-11-16(14-21(20)31-4-2)23-22-24(28)18-9-5-6-10-19(18)33-25(22)26(29)27(23)15-17-8-7-13-32-17/h5-6,9-12,14,17,23H,3-4,7-8,13,15H2,1-2H3/t17-,23+/m0/s1. The molecule has 3 heterocycles. The average molecular weight is 450 g/mol. The quantitative estimate of drug-likeness (QED) is 0.535. The van der Waals surface area contributed by atoms with Crippen LogP contribution in [0.3, 0.4) is 0 Å². The monoisotopic (exact) mass is 449 g/mol. The van der Waals surface area contributed by atoms with Crippen LogP contribution in [-0.2, 0) is 4.74 Å². The fourth-order valence-corrected chi connectivity index (χ4v) is 4.75. The van der Waals surface area contributed by atoms with E-state index in [1.54, 1.807) is 29.2 Å². The molecule has 0 saturated carbocycles. The summed E-state index contributed by atoms with van der Waals surface area (Å²) >= 11 is 0. The van der Waals surface area contributed by atoms with Crippen LogP contribution >= 0.6 is 0 Å². The summed E-state index contributed by atoms with van der Waals surface area (Å²) in [5.41, 5.74) is 1.36. The smallest absolute Gasteiger partial charge is 0.291 e. The first-order valence-electron chi connectivity index (χ1n) is 11.5. The van der Waals surface area contributed by atoms with E-state index in [2.05, 4.69) is 0 Å². The highest BCUT2D eigenvalue weighted by molar-refractivity contribution is 5.99. The van der Waals surface area contributed by atoms with Crippen LogP contribution in [0.25, 0.3) is 11.0 Å². The Hall–Kier alpha value is -3.32. The van der Waals surface area contributed by atoms with Crippen molar-refractivity contribution in [2.75, 3.05) is 26.4 Å². The second kappa shape index (κ2) is 8.90. The van der Waals surface area contributed by atoms with E-state index in [4.69, 9.17) is 18.6 Å². The highest BCUT2D eigenvalue weighted by Gasteiger charge is 2.44. The molecule has 3 aromatic rings. The van der Waals surface area contributed by atoms with E-state index in [0.29, 0.717) is 54.4 Å². The summed E-state index contributed by atoms with van der Waals surface area (Å²) < 4.78 is 23.3. The Morgan fingerprint density at radius 1 is 1.03 bits per heavy atom. The molecule has 0 N–H and O–H groups in total. The van der Waals surface area contributed by atoms with Gasteiger partial charge in [0.2, 0.25) is 5.76 Å². The van der Waals surface area contributed by atoms with Gasteiger partial charge in [0.15, 0.2) is 16.9 Å². The Kier molecular flexibility index (Phi) is 5.81. The van der Waals surface area contributed by atoms with Crippen LogP contribution in [0.1, 0.15) is 54.4 Å². The van der Waals surface area contributed by atoms with E-state index in [-0.39, 0.29) is 23.2 Å². The largest absolute Gasteiger partial charge is 0.490 e. The van der Waals surface area contributed by atoms with Crippen molar-refractivity contribution in [1.29, 1.82) is 0 Å². The number of ether oxygens (including phenoxy) is 3. The molecular formula is C26H27NO6. The fraction of sp³-hybridized carbons (Fsp3) is 0.385. The Morgan fingerprint density at radius 3 is 2.58 bits per heavy atom. The number of carbonyl (C=O) groups excluding carboxylic acids is 1. The van der Waals surface area contributed by atoms with Crippen LogP contribution in [0.5, 0.6) is 11.5 Å². The van der Waals surface area contributed by atoms with Gasteiger partial charge in [-0.25, -0.2) is 0 Å². The minimum atomic E-state index is -0.590. The first kappa shape index (κ1) is 21.5. The molecule has 172 valence electrons. The maximum atomic E-state index is 13.6. The van der Waals surface area contributed by atoms with Crippen molar-refractivity contribution in [2.45, 2.75) is 38.8 Å². The van der Waals surface area contributed by atoms with Crippen LogP contribution in [0.15, 0.2) is 51.7 Å². The van der Waals surface area contributed by atoms with Gasteiger partial charge in [-0.05, 0) is 56.5 Å². The molecule has 1 fully saturated rings. The molecule has 1 aromatic heterocycles. The molecule has 0 radical (unpaired) electrons. The predicted molar refractivity (Wildman–Crippen MR) is 123 cm³/mol. The highest BCUT2D eigenvalue weighted by Crippen LogP contribution is 2.41. The normalized spacial score (nSPS) is 19.8. The summed E-state index contributed by atoms with van der Waals surface area (Å²) in [6.07, 6.45) is 1.77. The fourth-order valence-electron chi connectivity index (χ4n) is 4.75. The van der Waals surface area contributed by atoms with E-state index in [0.717, 1.165) is 18.4 Å². The van der Waals surface area contributed by atoms with Gasteiger partial charge in [-0.1, -0.05) is 18.2 Å². The summed E-state index contributed by atoms with van der Waals surface area (Å²) in [5.74, 6) is 1.03. The summed E-state index contributed by atoms with van der Waals surface area (Å²) in [7, 11) is 0. The molecule has 2 aliphatic heterocycles. The SMILES string of the molecule is CCOc1ccc([C@@H]2c3c(oc4ccccc4c3=O)C(=O)N2C[C@@H]2CCCO2)cc1OCC. The summed E-state index contributed by atoms with van der Waals surface area (Å²) in [6.45, 7) is 5.86. The third-order valence-corrected chi connectivity index (χ3v) is 6.18. The number of hydrogen-bond donors (Lipinski definition) is 0. The van der Waals surface area contributed by atoms with Crippen LogP contribution in [0.2, 0.25) is 0 Å². The number of rotatable bonds is 7. The summed E-state index contributed by atoms with van der Waals surface area (Å²) in [4.78, 5) is 28.8. The molecule has 1 saturated heterocycles. The van der Waals surface area contributed by atoms with Gasteiger partial charge in [0.25, 0.3) is 5.91 Å². The van der Waals surface area contributed by atoms with Crippen molar-refractivity contribution < 1.29 is 23.4 Å². The number of nitrogens with zero attached hydrogens (tertiary/aromatic N) is 1. The van der Waals surface area contributed by atoms with Gasteiger partial charge in [-0.3, -0.25) is 9.59 Å². The van der Waals surface area contributed by atoms with Gasteiger partial charge in [-0.15, -0.1) is 0 Å². The molecule has 0 unspecified atom stereocenters. The minimum Gasteiger partial charge on any atom is -0.490 e. The molecule has 0 aliphatic carbocycles. The van der Waals surface area contributed by atoms with Crippen LogP contribution in [0.4, 0.5) is 0 Å². The third-order valence-electron chi connectivity index (χ3n) is 6.18. The second-order valence-corrected chi connectivity index (χ2v) is 8.24. The topological polar surface area (TPSA) is 78.2 Å². The van der Waals surface area contributed by atoms with Crippen molar-refractivity contribution in [3.63, 3.8) is 0 Å². The third kappa shape index (κ3) is 3.76. The van der Waals surface area contributed by atoms with E-state index in [1.807, 2.05) is 32.0 Å². The number of amides is 1. The van der Waals surface area contributed by atoms with Crippen LogP contribution in [0, 0.1) is 0 Å². The van der Waals surface area contributed by atoms with Gasteiger partial charge >= 0.3 is 0 Å². The molecule has 2 aliphatic rings. The molecule has 7 heteroatoms. The van der Waals surface area contributed by atoms with Crippen molar-refractivity contribution in [1.82, 2.24) is 4.90 Å². The molecule has 33 heavy (non-hydrogen) atoms. The minimum absolute atomic E-state index is 0.0654. The Morgan fingerprint density at radius 2 is 1.82 bits per heavy atom. The van der Waals surface area contributed by atoms with Crippen LogP contribution in [-0.4, -0.2) is 43.3 Å². The lowest BCUT2D eigenvalue weighted by Gasteiger charge is -2.28. The molecule has 0 bridgehead atoms. The lowest BCUT2D eigenvalue weighted by atomic mass is 9.97. The van der Waals surface area contributed by atoms with E-state index in [1.165, 1.54) is 0 Å². The van der Waals surface area contributed by atoms with Gasteiger partial charge in [0, 0.05) is 13.2 Å². The maximum Gasteiger partial charge on any atom is 0.291 e. The number of benzene rings is 2. The van der Waals surface area contributed by atoms with Crippen molar-refractivity contribution in [3.8, 4) is 11.5 Å². The first-order valence-corrected chi connectivity index (χ1v) is 11.5. The average Bonchev–Trinajstić information content (AvgIpc) is 3.43. The van der Waals surface area contributed by atoms with E-state index >= 15 is 0 Å². The molecule has 5 rings (SSSR count). The number of fused-ring (bicyclic) bond motifs is 2. The van der Waals surface area contributed by atoms with E-state index in [9.17, 15) is 9.59 Å². The Labute approximate surface area is 191 Å². The highest BCUT2D eigenvalue weighted by atomic mass is 16.5. The number of para-hydroxylation sites is 1. The zero-order valence-electron chi connectivity index (χ0n) is 18.8. The molecule has 2 atom stereocenters. The van der Waals surface area contributed by atoms with E-state index < -0.39 is 6.04 Å². The molecular weight excluding hydrogens is 422 g/mol. The number of carbonyl (C=O) groups is 1. The Balaban J connectivity index is 1.67. The zero-order chi connectivity index (χ0) is 22.9. The zero-order valence-corrected chi connectivity index (χ0v) is 18.8. The summed E-state index contributed by atoms with van der Waals surface area (Å²) in [5, 5.41) is 0.462. The molecule has 7 nitrogen and oxygen atoms in total. The van der Waals surface area contributed by atoms with Crippen molar-refractivity contribution in [2.24, 2.45) is 0 Å². The predicted octanol–water partition coefficient (Wildman–Crippen LogP) is 4.31. The lowest BCUT2D eigenvalue weighted by Crippen LogP contribution is -2.36. The van der Waals surface area contributed by atoms with Gasteiger partial charge in [-0.2, -0.15) is 0 Å². The summed E-state index contributed by atoms with van der Waals surface area (Å²) in [6, 6.07) is 12.0. The van der Waals surface area contributed by atoms with Crippen LogP contribution < -0.4 is 14.9 Å². The van der Waals surface area contributed by atoms with Crippen molar-refractivity contribution in [3.05, 3.63) is 69.6 Å². The molecule has 2 aromatic carbocycles. The Bertz CT molecular complexity index is 1240. The molecule has 1 amide bonds. The second-order valence-electron chi connectivity index (χ2n) is 8.24. The number of hydrogen-bond acceptors (Lipinski definition) is 6. The van der Waals surface area contributed by atoms with Gasteiger partial charge in [0.05, 0.1) is 36.3 Å². The first-order chi connectivity index (χ1) is 16.1. The molecule has 0 spiro atoms. The van der Waals surface area contributed by atoms with Gasteiger partial charge < -0.3 is 23.5 Å². The maximum absolute atomic E-state index is 13.6. The lowest BCUT2D eigenvalue weighted by molar-refractivity contribution is 0.0486.